The molecule has 5 heterocycles. The van der Waals surface area contributed by atoms with Gasteiger partial charge in [0, 0.05) is 31.4 Å². The molecule has 0 radical (unpaired) electrons. The van der Waals surface area contributed by atoms with Crippen LogP contribution in [0.5, 0.6) is 0 Å². The fourth-order valence-electron chi connectivity index (χ4n) is 4.76. The van der Waals surface area contributed by atoms with Crippen molar-refractivity contribution in [2.45, 2.75) is 46.2 Å². The molecule has 1 fully saturated rings. The van der Waals surface area contributed by atoms with E-state index in [0.717, 1.165) is 24.1 Å². The Bertz CT molecular complexity index is 1250. The summed E-state index contributed by atoms with van der Waals surface area (Å²) in [6.07, 6.45) is 4.15. The molecule has 2 atom stereocenters. The summed E-state index contributed by atoms with van der Waals surface area (Å²) in [4.78, 5) is 32.4. The number of amides is 1. The number of nitrogens with zero attached hydrogens (tertiary/aromatic N) is 6. The predicted molar refractivity (Wildman–Crippen MR) is 120 cm³/mol. The van der Waals surface area contributed by atoms with E-state index in [0.29, 0.717) is 24.4 Å². The first-order valence-electron chi connectivity index (χ1n) is 10.6. The highest BCUT2D eigenvalue weighted by Crippen LogP contribution is 2.40. The van der Waals surface area contributed by atoms with E-state index in [-0.39, 0.29) is 29.0 Å². The number of hydrogen-bond acceptors (Lipinski definition) is 6. The van der Waals surface area contributed by atoms with Gasteiger partial charge in [0.2, 0.25) is 0 Å². The monoisotopic (exact) mass is 438 g/mol. The number of aryl methyl sites for hydroxylation is 1. The van der Waals surface area contributed by atoms with Crippen LogP contribution in [0.1, 0.15) is 49.8 Å². The molecular weight excluding hydrogens is 412 g/mol. The predicted octanol–water partition coefficient (Wildman–Crippen LogP) is 2.95. The standard InChI is InChI=1S/C22H26N6O2S/c1-22(2,3)12-28-18-8-7-16(23-19(18)26(4)21(28)30)15-9-14-6-5-13(15)10-27(14)20(29)17-11-31-25-24-17/h7-9,11,13-14H,5-6,10,12H2,1-4H3. The van der Waals surface area contributed by atoms with E-state index in [1.807, 2.05) is 21.6 Å². The Morgan fingerprint density at radius 2 is 2.06 bits per heavy atom. The molecule has 6 rings (SSSR count). The fourth-order valence-corrected chi connectivity index (χ4v) is 5.19. The number of aromatic nitrogens is 5. The first kappa shape index (κ1) is 20.1. The lowest BCUT2D eigenvalue weighted by Crippen LogP contribution is -2.49. The average molecular weight is 439 g/mol. The second kappa shape index (κ2) is 7.12. The molecule has 2 bridgehead atoms. The molecule has 1 amide bonds. The van der Waals surface area contributed by atoms with Crippen LogP contribution in [0.4, 0.5) is 0 Å². The molecule has 3 aliphatic rings. The van der Waals surface area contributed by atoms with E-state index in [2.05, 4.69) is 36.4 Å². The maximum absolute atomic E-state index is 12.8. The summed E-state index contributed by atoms with van der Waals surface area (Å²) in [6, 6.07) is 4.07. The first-order valence-corrected chi connectivity index (χ1v) is 11.4. The van der Waals surface area contributed by atoms with Gasteiger partial charge in [0.25, 0.3) is 5.91 Å². The molecule has 1 saturated heterocycles. The molecule has 0 N–H and O–H groups in total. The molecule has 162 valence electrons. The third kappa shape index (κ3) is 3.40. The molecule has 8 nitrogen and oxygen atoms in total. The van der Waals surface area contributed by atoms with Crippen molar-refractivity contribution in [1.82, 2.24) is 28.6 Å². The number of rotatable bonds is 3. The van der Waals surface area contributed by atoms with Crippen molar-refractivity contribution in [3.05, 3.63) is 45.5 Å². The van der Waals surface area contributed by atoms with Gasteiger partial charge in [0.15, 0.2) is 11.3 Å². The van der Waals surface area contributed by atoms with Crippen LogP contribution >= 0.6 is 11.5 Å². The number of hydrogen-bond donors (Lipinski definition) is 0. The number of imidazole rings is 1. The Morgan fingerprint density at radius 1 is 1.26 bits per heavy atom. The van der Waals surface area contributed by atoms with E-state index < -0.39 is 0 Å². The molecule has 0 saturated carbocycles. The highest BCUT2D eigenvalue weighted by atomic mass is 32.1. The smallest absolute Gasteiger partial charge is 0.330 e. The van der Waals surface area contributed by atoms with Crippen LogP contribution < -0.4 is 5.69 Å². The number of carbonyl (C=O) groups excluding carboxylic acids is 1. The molecule has 31 heavy (non-hydrogen) atoms. The van der Waals surface area contributed by atoms with Crippen LogP contribution in [0, 0.1) is 11.3 Å². The van der Waals surface area contributed by atoms with Crippen LogP contribution in [-0.2, 0) is 13.6 Å². The number of fused-ring (bicyclic) bond motifs is 3. The zero-order valence-corrected chi connectivity index (χ0v) is 19.0. The minimum absolute atomic E-state index is 0.00927. The van der Waals surface area contributed by atoms with Gasteiger partial charge in [-0.2, -0.15) is 0 Å². The van der Waals surface area contributed by atoms with E-state index in [4.69, 9.17) is 4.98 Å². The molecule has 0 spiro atoms. The van der Waals surface area contributed by atoms with Gasteiger partial charge in [0.05, 0.1) is 17.3 Å². The number of carbonyl (C=O) groups is 1. The highest BCUT2D eigenvalue weighted by Gasteiger charge is 2.39. The topological polar surface area (TPSA) is 85.9 Å². The minimum atomic E-state index is -0.0520. The van der Waals surface area contributed by atoms with Crippen molar-refractivity contribution in [3.63, 3.8) is 0 Å². The quantitative estimate of drug-likeness (QED) is 0.628. The van der Waals surface area contributed by atoms with Crippen molar-refractivity contribution in [2.75, 3.05) is 6.54 Å². The largest absolute Gasteiger partial charge is 0.330 e. The second-order valence-corrected chi connectivity index (χ2v) is 10.3. The van der Waals surface area contributed by atoms with Crippen molar-refractivity contribution < 1.29 is 4.79 Å². The summed E-state index contributed by atoms with van der Waals surface area (Å²) in [5.74, 6) is 0.183. The number of piperidine rings is 1. The van der Waals surface area contributed by atoms with E-state index in [1.54, 1.807) is 17.0 Å². The minimum Gasteiger partial charge on any atom is -0.330 e. The third-order valence-electron chi connectivity index (χ3n) is 6.19. The SMILES string of the molecule is Cn1c(=O)n(CC(C)(C)C)c2ccc(C3=CC4CCC3CN4C(=O)c3csnn3)nc21. The fraction of sp³-hybridized carbons (Fsp3) is 0.500. The molecule has 9 heteroatoms. The molecule has 1 aliphatic carbocycles. The van der Waals surface area contributed by atoms with Crippen molar-refractivity contribution in [2.24, 2.45) is 18.4 Å². The van der Waals surface area contributed by atoms with Crippen LogP contribution in [0.2, 0.25) is 0 Å². The van der Waals surface area contributed by atoms with Gasteiger partial charge in [-0.15, -0.1) is 5.10 Å². The summed E-state index contributed by atoms with van der Waals surface area (Å²) < 4.78 is 7.27. The van der Waals surface area contributed by atoms with Crippen LogP contribution in [0.25, 0.3) is 16.7 Å². The Hall–Kier alpha value is -2.81. The van der Waals surface area contributed by atoms with Gasteiger partial charge in [-0.25, -0.2) is 9.78 Å². The van der Waals surface area contributed by atoms with E-state index in [9.17, 15) is 9.59 Å². The molecule has 3 aromatic heterocycles. The molecule has 0 aromatic carbocycles. The first-order chi connectivity index (χ1) is 14.7. The Morgan fingerprint density at radius 3 is 2.71 bits per heavy atom. The van der Waals surface area contributed by atoms with Gasteiger partial charge in [0.1, 0.15) is 0 Å². The average Bonchev–Trinajstić information content (AvgIpc) is 3.36. The Labute approximate surface area is 184 Å². The lowest BCUT2D eigenvalue weighted by Gasteiger charge is -2.44. The zero-order valence-electron chi connectivity index (χ0n) is 18.2. The molecule has 2 unspecified atom stereocenters. The van der Waals surface area contributed by atoms with Crippen LogP contribution in [0.3, 0.4) is 0 Å². The summed E-state index contributed by atoms with van der Waals surface area (Å²) in [5.41, 5.74) is 4.01. The van der Waals surface area contributed by atoms with Gasteiger partial charge in [-0.3, -0.25) is 13.9 Å². The molecule has 3 aromatic rings. The van der Waals surface area contributed by atoms with Crippen LogP contribution in [0.15, 0.2) is 28.4 Å². The van der Waals surface area contributed by atoms with Gasteiger partial charge in [-0.05, 0) is 47.5 Å². The molecule has 2 aliphatic heterocycles. The van der Waals surface area contributed by atoms with Crippen molar-refractivity contribution in [3.8, 4) is 0 Å². The summed E-state index contributed by atoms with van der Waals surface area (Å²) in [6.45, 7) is 7.67. The van der Waals surface area contributed by atoms with E-state index >= 15 is 0 Å². The van der Waals surface area contributed by atoms with Crippen LogP contribution in [-0.4, -0.2) is 47.1 Å². The number of pyridine rings is 1. The summed E-state index contributed by atoms with van der Waals surface area (Å²) >= 11 is 1.19. The zero-order chi connectivity index (χ0) is 21.9. The third-order valence-corrected chi connectivity index (χ3v) is 6.69. The molecular formula is C22H26N6O2S. The second-order valence-electron chi connectivity index (χ2n) is 9.74. The summed E-state index contributed by atoms with van der Waals surface area (Å²) in [7, 11) is 1.78. The highest BCUT2D eigenvalue weighted by molar-refractivity contribution is 7.03. The van der Waals surface area contributed by atoms with E-state index in [1.165, 1.54) is 17.1 Å². The maximum atomic E-state index is 12.8. The van der Waals surface area contributed by atoms with Gasteiger partial charge < -0.3 is 4.90 Å². The Balaban J connectivity index is 1.50. The maximum Gasteiger partial charge on any atom is 0.330 e. The summed E-state index contributed by atoms with van der Waals surface area (Å²) in [5, 5.41) is 5.64. The van der Waals surface area contributed by atoms with Crippen molar-refractivity contribution >= 4 is 34.2 Å². The Kier molecular flexibility index (Phi) is 4.62. The normalized spacial score (nSPS) is 21.0. The lowest BCUT2D eigenvalue weighted by atomic mass is 9.78. The van der Waals surface area contributed by atoms with Gasteiger partial charge in [-0.1, -0.05) is 31.3 Å². The van der Waals surface area contributed by atoms with Crippen molar-refractivity contribution in [1.29, 1.82) is 0 Å². The van der Waals surface area contributed by atoms with Gasteiger partial charge >= 0.3 is 5.69 Å². The lowest BCUT2D eigenvalue weighted by molar-refractivity contribution is 0.0603.